The maximum Gasteiger partial charge on any atom is 0.272 e. The van der Waals surface area contributed by atoms with Crippen molar-refractivity contribution in [2.45, 2.75) is 0 Å². The quantitative estimate of drug-likeness (QED) is 0.443. The first-order valence-electron chi connectivity index (χ1n) is 10.8. The predicted octanol–water partition coefficient (Wildman–Crippen LogP) is 4.63. The third-order valence-corrected chi connectivity index (χ3v) is 6.18. The average molecular weight is 464 g/mol. The standard InChI is InChI=1S/C25H23ClFN5O/c1-29-11-5-10-23(29)21-17-24(32(28-21)19-7-4-6-18(26)16-19)25(33)31-14-12-30(13-15-31)22-9-3-2-8-20(22)27/h2-11,16-17H,12-15H2,1H3. The Labute approximate surface area is 196 Å². The van der Waals surface area contributed by atoms with Crippen LogP contribution in [0, 0.1) is 5.82 Å². The second-order valence-electron chi connectivity index (χ2n) is 8.04. The summed E-state index contributed by atoms with van der Waals surface area (Å²) in [5.41, 5.74) is 3.37. The van der Waals surface area contributed by atoms with Gasteiger partial charge in [-0.2, -0.15) is 5.10 Å². The first-order valence-corrected chi connectivity index (χ1v) is 11.2. The van der Waals surface area contributed by atoms with Crippen LogP contribution in [0.1, 0.15) is 10.5 Å². The maximum atomic E-state index is 14.2. The van der Waals surface area contributed by atoms with Crippen molar-refractivity contribution in [1.29, 1.82) is 0 Å². The Kier molecular flexibility index (Phi) is 5.64. The van der Waals surface area contributed by atoms with Crippen LogP contribution in [0.5, 0.6) is 0 Å². The van der Waals surface area contributed by atoms with Gasteiger partial charge >= 0.3 is 0 Å². The van der Waals surface area contributed by atoms with Crippen molar-refractivity contribution in [2.24, 2.45) is 7.05 Å². The zero-order chi connectivity index (χ0) is 22.9. The lowest BCUT2D eigenvalue weighted by Gasteiger charge is -2.36. The Bertz CT molecular complexity index is 1310. The molecule has 2 aromatic carbocycles. The van der Waals surface area contributed by atoms with Gasteiger partial charge in [-0.3, -0.25) is 4.79 Å². The number of rotatable bonds is 4. The topological polar surface area (TPSA) is 46.3 Å². The van der Waals surface area contributed by atoms with Crippen LogP contribution >= 0.6 is 11.6 Å². The minimum Gasteiger partial charge on any atom is -0.366 e. The highest BCUT2D eigenvalue weighted by atomic mass is 35.5. The van der Waals surface area contributed by atoms with Crippen LogP contribution in [0.25, 0.3) is 17.1 Å². The second kappa shape index (κ2) is 8.75. The van der Waals surface area contributed by atoms with E-state index >= 15 is 0 Å². The summed E-state index contributed by atoms with van der Waals surface area (Å²) in [6, 6.07) is 19.8. The number of benzene rings is 2. The number of amides is 1. The molecular formula is C25H23ClFN5O. The molecule has 1 amide bonds. The molecule has 168 valence electrons. The van der Waals surface area contributed by atoms with Crippen molar-refractivity contribution < 1.29 is 9.18 Å². The number of aryl methyl sites for hydroxylation is 1. The molecule has 0 saturated carbocycles. The summed E-state index contributed by atoms with van der Waals surface area (Å²) >= 11 is 6.22. The van der Waals surface area contributed by atoms with E-state index in [0.29, 0.717) is 48.3 Å². The number of para-hydroxylation sites is 1. The first-order chi connectivity index (χ1) is 16.0. The third kappa shape index (κ3) is 4.12. The molecular weight excluding hydrogens is 441 g/mol. The molecule has 0 atom stereocenters. The van der Waals surface area contributed by atoms with E-state index in [1.165, 1.54) is 6.07 Å². The zero-order valence-corrected chi connectivity index (χ0v) is 18.9. The summed E-state index contributed by atoms with van der Waals surface area (Å²) in [4.78, 5) is 17.4. The van der Waals surface area contributed by atoms with Crippen molar-refractivity contribution >= 4 is 23.2 Å². The molecule has 0 N–H and O–H groups in total. The van der Waals surface area contributed by atoms with Crippen molar-refractivity contribution in [3.63, 3.8) is 0 Å². The van der Waals surface area contributed by atoms with E-state index < -0.39 is 0 Å². The molecule has 0 spiro atoms. The molecule has 33 heavy (non-hydrogen) atoms. The van der Waals surface area contributed by atoms with Gasteiger partial charge in [0.15, 0.2) is 0 Å². The molecule has 5 rings (SSSR count). The highest BCUT2D eigenvalue weighted by molar-refractivity contribution is 6.30. The molecule has 0 aliphatic carbocycles. The fourth-order valence-electron chi connectivity index (χ4n) is 4.21. The van der Waals surface area contributed by atoms with Gasteiger partial charge in [-0.1, -0.05) is 29.8 Å². The van der Waals surface area contributed by atoms with Crippen LogP contribution < -0.4 is 4.90 Å². The monoisotopic (exact) mass is 463 g/mol. The largest absolute Gasteiger partial charge is 0.366 e. The Morgan fingerprint density at radius 3 is 2.45 bits per heavy atom. The lowest BCUT2D eigenvalue weighted by Crippen LogP contribution is -2.49. The van der Waals surface area contributed by atoms with Gasteiger partial charge in [0.1, 0.15) is 17.2 Å². The van der Waals surface area contributed by atoms with Gasteiger partial charge in [0, 0.05) is 44.4 Å². The molecule has 4 aromatic rings. The van der Waals surface area contributed by atoms with Crippen LogP contribution in [0.4, 0.5) is 10.1 Å². The SMILES string of the molecule is Cn1cccc1-c1cc(C(=O)N2CCN(c3ccccc3F)CC2)n(-c2cccc(Cl)c2)n1. The van der Waals surface area contributed by atoms with Crippen LogP contribution in [-0.4, -0.2) is 51.3 Å². The van der Waals surface area contributed by atoms with E-state index in [2.05, 4.69) is 0 Å². The van der Waals surface area contributed by atoms with E-state index in [-0.39, 0.29) is 11.7 Å². The average Bonchev–Trinajstić information content (AvgIpc) is 3.45. The fourth-order valence-corrected chi connectivity index (χ4v) is 4.40. The van der Waals surface area contributed by atoms with Crippen molar-refractivity contribution in [1.82, 2.24) is 19.2 Å². The molecule has 3 heterocycles. The molecule has 1 aliphatic heterocycles. The highest BCUT2D eigenvalue weighted by Gasteiger charge is 2.27. The molecule has 1 fully saturated rings. The number of nitrogens with zero attached hydrogens (tertiary/aromatic N) is 5. The molecule has 1 aliphatic rings. The number of hydrogen-bond acceptors (Lipinski definition) is 3. The number of aromatic nitrogens is 3. The number of carbonyl (C=O) groups excluding carboxylic acids is 1. The highest BCUT2D eigenvalue weighted by Crippen LogP contribution is 2.25. The minimum absolute atomic E-state index is 0.115. The molecule has 6 nitrogen and oxygen atoms in total. The van der Waals surface area contributed by atoms with Crippen molar-refractivity contribution in [3.8, 4) is 17.1 Å². The maximum absolute atomic E-state index is 14.2. The van der Waals surface area contributed by atoms with Gasteiger partial charge in [-0.05, 0) is 48.5 Å². The van der Waals surface area contributed by atoms with E-state index in [4.69, 9.17) is 16.7 Å². The summed E-state index contributed by atoms with van der Waals surface area (Å²) in [7, 11) is 1.94. The minimum atomic E-state index is -0.247. The van der Waals surface area contributed by atoms with Gasteiger partial charge in [0.25, 0.3) is 5.91 Å². The third-order valence-electron chi connectivity index (χ3n) is 5.95. The Morgan fingerprint density at radius 1 is 0.970 bits per heavy atom. The predicted molar refractivity (Wildman–Crippen MR) is 127 cm³/mol. The molecule has 2 aromatic heterocycles. The second-order valence-corrected chi connectivity index (χ2v) is 8.48. The van der Waals surface area contributed by atoms with Gasteiger partial charge in [-0.15, -0.1) is 0 Å². The van der Waals surface area contributed by atoms with Crippen LogP contribution in [0.15, 0.2) is 72.9 Å². The molecule has 1 saturated heterocycles. The number of carbonyl (C=O) groups is 1. The van der Waals surface area contributed by atoms with Crippen molar-refractivity contribution in [3.05, 3.63) is 89.5 Å². The number of hydrogen-bond donors (Lipinski definition) is 0. The van der Waals surface area contributed by atoms with Gasteiger partial charge < -0.3 is 14.4 Å². The Hall–Kier alpha value is -3.58. The summed E-state index contributed by atoms with van der Waals surface area (Å²) < 4.78 is 17.8. The van der Waals surface area contributed by atoms with E-state index in [9.17, 15) is 9.18 Å². The van der Waals surface area contributed by atoms with Crippen LogP contribution in [0.3, 0.4) is 0 Å². The van der Waals surface area contributed by atoms with Crippen LogP contribution in [-0.2, 0) is 7.05 Å². The fraction of sp³-hybridized carbons (Fsp3) is 0.200. The van der Waals surface area contributed by atoms with Crippen molar-refractivity contribution in [2.75, 3.05) is 31.1 Å². The van der Waals surface area contributed by atoms with Gasteiger partial charge in [-0.25, -0.2) is 9.07 Å². The lowest BCUT2D eigenvalue weighted by atomic mass is 10.2. The van der Waals surface area contributed by atoms with Gasteiger partial charge in [0.2, 0.25) is 0 Å². The summed E-state index contributed by atoms with van der Waals surface area (Å²) in [5, 5.41) is 5.31. The normalized spacial score (nSPS) is 14.0. The first kappa shape index (κ1) is 21.3. The van der Waals surface area contributed by atoms with E-state index in [0.717, 1.165) is 11.4 Å². The smallest absolute Gasteiger partial charge is 0.272 e. The van der Waals surface area contributed by atoms with E-state index in [1.54, 1.807) is 33.8 Å². The molecule has 0 radical (unpaired) electrons. The lowest BCUT2D eigenvalue weighted by molar-refractivity contribution is 0.0737. The summed E-state index contributed by atoms with van der Waals surface area (Å²) in [6.07, 6.45) is 1.94. The van der Waals surface area contributed by atoms with Gasteiger partial charge in [0.05, 0.1) is 17.1 Å². The Morgan fingerprint density at radius 2 is 1.76 bits per heavy atom. The molecule has 0 unspecified atom stereocenters. The number of halogens is 2. The summed E-state index contributed by atoms with van der Waals surface area (Å²) in [5.74, 6) is -0.361. The summed E-state index contributed by atoms with van der Waals surface area (Å²) in [6.45, 7) is 2.10. The van der Waals surface area contributed by atoms with E-state index in [1.807, 2.05) is 59.1 Å². The number of piperazine rings is 1. The number of anilines is 1. The van der Waals surface area contributed by atoms with Crippen LogP contribution in [0.2, 0.25) is 5.02 Å². The Balaban J connectivity index is 1.44. The molecule has 8 heteroatoms. The molecule has 0 bridgehead atoms. The zero-order valence-electron chi connectivity index (χ0n) is 18.2.